The van der Waals surface area contributed by atoms with Crippen molar-refractivity contribution in [2.45, 2.75) is 25.6 Å². The molecule has 1 aromatic rings. The third-order valence-electron chi connectivity index (χ3n) is 2.79. The van der Waals surface area contributed by atoms with E-state index < -0.39 is 23.4 Å². The molecule has 0 saturated heterocycles. The number of aromatic nitrogens is 3. The summed E-state index contributed by atoms with van der Waals surface area (Å²) in [6.07, 6.45) is 3.56. The molecule has 2 heterocycles. The number of thiol groups is 1. The molecule has 0 spiro atoms. The molecule has 1 aliphatic rings. The van der Waals surface area contributed by atoms with Crippen molar-refractivity contribution in [3.63, 3.8) is 0 Å². The Morgan fingerprint density at radius 2 is 2.17 bits per heavy atom. The molecular formula is C10H13N3O4S. The fourth-order valence-corrected chi connectivity index (χ4v) is 2.10. The molecule has 0 aliphatic carbocycles. The van der Waals surface area contributed by atoms with Crippen LogP contribution in [-0.4, -0.2) is 30.8 Å². The molecule has 0 bridgehead atoms. The van der Waals surface area contributed by atoms with Crippen LogP contribution < -0.4 is 11.4 Å². The van der Waals surface area contributed by atoms with Gasteiger partial charge in [0.1, 0.15) is 0 Å². The molecule has 1 unspecified atom stereocenters. The van der Waals surface area contributed by atoms with Gasteiger partial charge in [0.25, 0.3) is 0 Å². The Morgan fingerprint density at radius 1 is 1.44 bits per heavy atom. The molecule has 98 valence electrons. The second kappa shape index (κ2) is 4.89. The second-order valence-electron chi connectivity index (χ2n) is 3.93. The van der Waals surface area contributed by atoms with E-state index in [2.05, 4.69) is 12.6 Å². The van der Waals surface area contributed by atoms with Crippen molar-refractivity contribution < 1.29 is 9.90 Å². The van der Waals surface area contributed by atoms with Crippen molar-refractivity contribution in [1.29, 1.82) is 0 Å². The van der Waals surface area contributed by atoms with Crippen LogP contribution in [0.15, 0.2) is 21.7 Å². The van der Waals surface area contributed by atoms with Gasteiger partial charge in [0.05, 0.1) is 6.54 Å². The van der Waals surface area contributed by atoms with Gasteiger partial charge in [-0.15, -0.1) is 0 Å². The first kappa shape index (κ1) is 12.7. The van der Waals surface area contributed by atoms with E-state index in [1.54, 1.807) is 6.08 Å². The molecule has 0 fully saturated rings. The number of carboxylic acid groups (broad SMARTS) is 1. The van der Waals surface area contributed by atoms with Gasteiger partial charge in [-0.1, -0.05) is 12.2 Å². The van der Waals surface area contributed by atoms with Crippen LogP contribution in [0.1, 0.15) is 12.5 Å². The predicted molar refractivity (Wildman–Crippen MR) is 67.2 cm³/mol. The van der Waals surface area contributed by atoms with Crippen LogP contribution in [0.25, 0.3) is 0 Å². The minimum absolute atomic E-state index is 0.214. The van der Waals surface area contributed by atoms with Crippen LogP contribution in [-0.2, 0) is 17.9 Å². The first-order chi connectivity index (χ1) is 8.57. The van der Waals surface area contributed by atoms with Gasteiger partial charge in [0, 0.05) is 6.54 Å². The number of carboxylic acids is 1. The minimum atomic E-state index is -1.16. The molecule has 1 aliphatic heterocycles. The average molecular weight is 271 g/mol. The first-order valence-corrected chi connectivity index (χ1v) is 6.13. The molecule has 8 heteroatoms. The molecule has 2 rings (SSSR count). The van der Waals surface area contributed by atoms with Crippen LogP contribution in [0, 0.1) is 0 Å². The van der Waals surface area contributed by atoms with E-state index in [0.29, 0.717) is 12.2 Å². The summed E-state index contributed by atoms with van der Waals surface area (Å²) < 4.78 is 3.20. The third kappa shape index (κ3) is 1.92. The number of rotatable bonds is 4. The normalized spacial score (nSPS) is 17.7. The molecule has 1 atom stereocenters. The number of hydrogen-bond acceptors (Lipinski definition) is 4. The van der Waals surface area contributed by atoms with Gasteiger partial charge in [-0.3, -0.25) is 0 Å². The van der Waals surface area contributed by atoms with Gasteiger partial charge in [0.15, 0.2) is 6.04 Å². The summed E-state index contributed by atoms with van der Waals surface area (Å²) in [6.45, 7) is 0.465. The largest absolute Gasteiger partial charge is 0.479 e. The predicted octanol–water partition coefficient (Wildman–Crippen LogP) is -0.673. The lowest BCUT2D eigenvalue weighted by atomic mass is 10.2. The SMILES string of the molecule is O=C(O)C1C=CCn2c(=O)n(CCCS)c(=O)n21. The smallest absolute Gasteiger partial charge is 0.348 e. The lowest BCUT2D eigenvalue weighted by molar-refractivity contribution is -0.140. The fraction of sp³-hybridized carbons (Fsp3) is 0.500. The maximum Gasteiger partial charge on any atom is 0.348 e. The first-order valence-electron chi connectivity index (χ1n) is 5.50. The Balaban J connectivity index is 2.55. The summed E-state index contributed by atoms with van der Waals surface area (Å²) >= 11 is 4.02. The van der Waals surface area contributed by atoms with Crippen LogP contribution in [0.2, 0.25) is 0 Å². The molecule has 1 N–H and O–H groups in total. The van der Waals surface area contributed by atoms with Crippen LogP contribution in [0.4, 0.5) is 0 Å². The maximum absolute atomic E-state index is 12.0. The zero-order valence-corrected chi connectivity index (χ0v) is 10.4. The Hall–Kier alpha value is -1.70. The number of fused-ring (bicyclic) bond motifs is 1. The Bertz CT molecular complexity index is 610. The van der Waals surface area contributed by atoms with E-state index >= 15 is 0 Å². The highest BCUT2D eigenvalue weighted by molar-refractivity contribution is 7.80. The summed E-state index contributed by atoms with van der Waals surface area (Å²) in [5.74, 6) is -0.606. The quantitative estimate of drug-likeness (QED) is 0.561. The van der Waals surface area contributed by atoms with E-state index in [1.165, 1.54) is 6.08 Å². The lowest BCUT2D eigenvalue weighted by Crippen LogP contribution is -2.36. The Labute approximate surface area is 107 Å². The minimum Gasteiger partial charge on any atom is -0.479 e. The molecule has 0 radical (unpaired) electrons. The highest BCUT2D eigenvalue weighted by Crippen LogP contribution is 2.10. The number of carbonyl (C=O) groups is 1. The second-order valence-corrected chi connectivity index (χ2v) is 4.38. The molecule has 0 amide bonds. The van der Waals surface area contributed by atoms with E-state index in [4.69, 9.17) is 5.11 Å². The van der Waals surface area contributed by atoms with Gasteiger partial charge in [-0.05, 0) is 12.2 Å². The van der Waals surface area contributed by atoms with Crippen LogP contribution >= 0.6 is 12.6 Å². The monoisotopic (exact) mass is 271 g/mol. The number of hydrogen-bond donors (Lipinski definition) is 2. The highest BCUT2D eigenvalue weighted by Gasteiger charge is 2.27. The number of aliphatic carboxylic acids is 1. The lowest BCUT2D eigenvalue weighted by Gasteiger charge is -2.16. The van der Waals surface area contributed by atoms with Crippen molar-refractivity contribution in [3.8, 4) is 0 Å². The third-order valence-corrected chi connectivity index (χ3v) is 3.11. The van der Waals surface area contributed by atoms with Gasteiger partial charge < -0.3 is 5.11 Å². The molecule has 0 saturated carbocycles. The highest BCUT2D eigenvalue weighted by atomic mass is 32.1. The topological polar surface area (TPSA) is 86.2 Å². The number of allylic oxidation sites excluding steroid dienone is 1. The van der Waals surface area contributed by atoms with Crippen LogP contribution in [0.3, 0.4) is 0 Å². The van der Waals surface area contributed by atoms with E-state index in [1.807, 2.05) is 0 Å². The summed E-state index contributed by atoms with van der Waals surface area (Å²) in [5, 5.41) is 9.04. The van der Waals surface area contributed by atoms with E-state index in [-0.39, 0.29) is 13.1 Å². The zero-order chi connectivity index (χ0) is 13.3. The van der Waals surface area contributed by atoms with E-state index in [0.717, 1.165) is 13.9 Å². The van der Waals surface area contributed by atoms with Crippen molar-refractivity contribution in [1.82, 2.24) is 13.9 Å². The standard InChI is InChI=1S/C10H13N3O4S/c14-8(15)7-3-1-5-12-9(16)11(4-2-6-18)10(17)13(7)12/h1,3,7,18H,2,4-6H2,(H,14,15). The molecule has 7 nitrogen and oxygen atoms in total. The zero-order valence-electron chi connectivity index (χ0n) is 9.52. The summed E-state index contributed by atoms with van der Waals surface area (Å²) in [4.78, 5) is 35.1. The van der Waals surface area contributed by atoms with E-state index in [9.17, 15) is 14.4 Å². The Kier molecular flexibility index (Phi) is 3.46. The van der Waals surface area contributed by atoms with Gasteiger partial charge in [-0.25, -0.2) is 28.3 Å². The molecule has 1 aromatic heterocycles. The van der Waals surface area contributed by atoms with Gasteiger partial charge in [0.2, 0.25) is 0 Å². The summed E-state index contributed by atoms with van der Waals surface area (Å²) in [7, 11) is 0. The maximum atomic E-state index is 12.0. The number of nitrogens with zero attached hydrogens (tertiary/aromatic N) is 3. The Morgan fingerprint density at radius 3 is 2.78 bits per heavy atom. The summed E-state index contributed by atoms with van der Waals surface area (Å²) in [6, 6.07) is -1.11. The van der Waals surface area contributed by atoms with Gasteiger partial charge >= 0.3 is 17.3 Å². The molecular weight excluding hydrogens is 258 g/mol. The average Bonchev–Trinajstić information content (AvgIpc) is 2.60. The van der Waals surface area contributed by atoms with Crippen molar-refractivity contribution in [3.05, 3.63) is 33.1 Å². The fourth-order valence-electron chi connectivity index (χ4n) is 1.95. The van der Waals surface area contributed by atoms with Crippen molar-refractivity contribution >= 4 is 18.6 Å². The van der Waals surface area contributed by atoms with Crippen LogP contribution in [0.5, 0.6) is 0 Å². The van der Waals surface area contributed by atoms with Crippen molar-refractivity contribution in [2.75, 3.05) is 5.75 Å². The summed E-state index contributed by atoms with van der Waals surface area (Å²) in [5.41, 5.74) is -1.06. The van der Waals surface area contributed by atoms with Gasteiger partial charge in [-0.2, -0.15) is 12.6 Å². The van der Waals surface area contributed by atoms with Crippen molar-refractivity contribution in [2.24, 2.45) is 0 Å². The molecule has 0 aromatic carbocycles. The molecule has 18 heavy (non-hydrogen) atoms.